The highest BCUT2D eigenvalue weighted by Crippen LogP contribution is 2.24. The lowest BCUT2D eigenvalue weighted by molar-refractivity contribution is 0.0519. The van der Waals surface area contributed by atoms with Crippen molar-refractivity contribution in [2.75, 3.05) is 13.2 Å². The SMILES string of the molecule is CCOC(=O)c1cc(OCC)c2cn[nH]c2n1. The number of hydrogen-bond donors (Lipinski definition) is 1. The molecule has 0 radical (unpaired) electrons. The summed E-state index contributed by atoms with van der Waals surface area (Å²) in [6.45, 7) is 4.44. The molecule has 0 saturated carbocycles. The molecule has 0 aliphatic carbocycles. The highest BCUT2D eigenvalue weighted by atomic mass is 16.5. The van der Waals surface area contributed by atoms with Crippen molar-refractivity contribution in [1.82, 2.24) is 15.2 Å². The zero-order valence-corrected chi connectivity index (χ0v) is 9.69. The van der Waals surface area contributed by atoms with E-state index in [4.69, 9.17) is 9.47 Å². The molecule has 2 aromatic heterocycles. The molecule has 0 unspecified atom stereocenters. The fourth-order valence-electron chi connectivity index (χ4n) is 1.48. The van der Waals surface area contributed by atoms with Gasteiger partial charge in [0.2, 0.25) is 0 Å². The number of rotatable bonds is 4. The zero-order valence-electron chi connectivity index (χ0n) is 9.69. The highest BCUT2D eigenvalue weighted by molar-refractivity contribution is 5.92. The molecule has 6 heteroatoms. The Bertz CT molecular complexity index is 536. The van der Waals surface area contributed by atoms with Gasteiger partial charge in [-0.2, -0.15) is 5.10 Å². The summed E-state index contributed by atoms with van der Waals surface area (Å²) in [5.41, 5.74) is 0.728. The van der Waals surface area contributed by atoms with E-state index in [0.717, 1.165) is 5.39 Å². The van der Waals surface area contributed by atoms with Crippen molar-refractivity contribution in [3.63, 3.8) is 0 Å². The molecular weight excluding hydrogens is 222 g/mol. The number of aromatic amines is 1. The fourth-order valence-corrected chi connectivity index (χ4v) is 1.48. The van der Waals surface area contributed by atoms with Gasteiger partial charge in [-0.05, 0) is 13.8 Å². The van der Waals surface area contributed by atoms with Crippen molar-refractivity contribution in [1.29, 1.82) is 0 Å². The van der Waals surface area contributed by atoms with Crippen molar-refractivity contribution in [3.05, 3.63) is 18.0 Å². The Morgan fingerprint density at radius 2 is 2.24 bits per heavy atom. The van der Waals surface area contributed by atoms with Crippen LogP contribution in [0.4, 0.5) is 0 Å². The second-order valence-electron chi connectivity index (χ2n) is 3.29. The number of H-pyrrole nitrogens is 1. The summed E-state index contributed by atoms with van der Waals surface area (Å²) in [6, 6.07) is 1.57. The van der Waals surface area contributed by atoms with E-state index < -0.39 is 5.97 Å². The Labute approximate surface area is 97.9 Å². The van der Waals surface area contributed by atoms with Gasteiger partial charge in [-0.25, -0.2) is 9.78 Å². The fraction of sp³-hybridized carbons (Fsp3) is 0.364. The van der Waals surface area contributed by atoms with Crippen LogP contribution in [-0.2, 0) is 4.74 Å². The van der Waals surface area contributed by atoms with Crippen LogP contribution in [0.25, 0.3) is 11.0 Å². The minimum Gasteiger partial charge on any atom is -0.493 e. The molecule has 0 spiro atoms. The van der Waals surface area contributed by atoms with Crippen molar-refractivity contribution in [3.8, 4) is 5.75 Å². The Balaban J connectivity index is 2.47. The van der Waals surface area contributed by atoms with Crippen LogP contribution in [0.2, 0.25) is 0 Å². The molecule has 0 saturated heterocycles. The van der Waals surface area contributed by atoms with Crippen LogP contribution in [0.1, 0.15) is 24.3 Å². The Morgan fingerprint density at radius 1 is 1.41 bits per heavy atom. The largest absolute Gasteiger partial charge is 0.493 e. The molecule has 0 bridgehead atoms. The zero-order chi connectivity index (χ0) is 12.3. The number of carbonyl (C=O) groups excluding carboxylic acids is 1. The Hall–Kier alpha value is -2.11. The Morgan fingerprint density at radius 3 is 2.94 bits per heavy atom. The van der Waals surface area contributed by atoms with Crippen molar-refractivity contribution in [2.45, 2.75) is 13.8 Å². The predicted octanol–water partition coefficient (Wildman–Crippen LogP) is 1.53. The average Bonchev–Trinajstić information content (AvgIpc) is 2.78. The van der Waals surface area contributed by atoms with E-state index in [1.165, 1.54) is 0 Å². The standard InChI is InChI=1S/C11H13N3O3/c1-3-16-9-5-8(11(15)17-4-2)13-10-7(9)6-12-14-10/h5-6H,3-4H2,1-2H3,(H,12,13,14). The molecule has 1 N–H and O–H groups in total. The van der Waals surface area contributed by atoms with Crippen molar-refractivity contribution in [2.24, 2.45) is 0 Å². The minimum atomic E-state index is -0.468. The Kier molecular flexibility index (Phi) is 3.22. The number of esters is 1. The van der Waals surface area contributed by atoms with E-state index >= 15 is 0 Å². The number of carbonyl (C=O) groups is 1. The molecule has 2 aromatic rings. The molecule has 0 fully saturated rings. The van der Waals surface area contributed by atoms with E-state index in [2.05, 4.69) is 15.2 Å². The number of hydrogen-bond acceptors (Lipinski definition) is 5. The van der Waals surface area contributed by atoms with Crippen LogP contribution in [-0.4, -0.2) is 34.4 Å². The molecule has 0 aliphatic heterocycles. The number of nitrogens with one attached hydrogen (secondary N) is 1. The molecule has 90 valence electrons. The first-order valence-electron chi connectivity index (χ1n) is 5.40. The summed E-state index contributed by atoms with van der Waals surface area (Å²) in [5.74, 6) is 0.110. The minimum absolute atomic E-state index is 0.215. The lowest BCUT2D eigenvalue weighted by atomic mass is 10.2. The highest BCUT2D eigenvalue weighted by Gasteiger charge is 2.14. The summed E-state index contributed by atoms with van der Waals surface area (Å²) in [4.78, 5) is 15.7. The van der Waals surface area contributed by atoms with Crippen LogP contribution in [0, 0.1) is 0 Å². The third kappa shape index (κ3) is 2.20. The van der Waals surface area contributed by atoms with Gasteiger partial charge in [-0.1, -0.05) is 0 Å². The molecular formula is C11H13N3O3. The second kappa shape index (κ2) is 4.82. The van der Waals surface area contributed by atoms with Gasteiger partial charge >= 0.3 is 5.97 Å². The maximum absolute atomic E-state index is 11.6. The van der Waals surface area contributed by atoms with Gasteiger partial charge in [-0.15, -0.1) is 0 Å². The van der Waals surface area contributed by atoms with Gasteiger partial charge in [-0.3, -0.25) is 5.10 Å². The van der Waals surface area contributed by atoms with Crippen molar-refractivity contribution < 1.29 is 14.3 Å². The number of fused-ring (bicyclic) bond motifs is 1. The summed E-state index contributed by atoms with van der Waals surface area (Å²) in [5, 5.41) is 7.33. The predicted molar refractivity (Wildman–Crippen MR) is 61.0 cm³/mol. The second-order valence-corrected chi connectivity index (χ2v) is 3.29. The summed E-state index contributed by atoms with van der Waals surface area (Å²) >= 11 is 0. The molecule has 0 atom stereocenters. The summed E-state index contributed by atoms with van der Waals surface area (Å²) in [7, 11) is 0. The van der Waals surface area contributed by atoms with Crippen LogP contribution in [0.3, 0.4) is 0 Å². The number of nitrogens with zero attached hydrogens (tertiary/aromatic N) is 2. The smallest absolute Gasteiger partial charge is 0.357 e. The third-order valence-electron chi connectivity index (χ3n) is 2.17. The lowest BCUT2D eigenvalue weighted by Gasteiger charge is -2.06. The quantitative estimate of drug-likeness (QED) is 0.813. The van der Waals surface area contributed by atoms with E-state index in [1.54, 1.807) is 19.2 Å². The van der Waals surface area contributed by atoms with Gasteiger partial charge in [0, 0.05) is 6.07 Å². The normalized spacial score (nSPS) is 10.5. The first-order chi connectivity index (χ1) is 8.26. The maximum Gasteiger partial charge on any atom is 0.357 e. The van der Waals surface area contributed by atoms with Crippen LogP contribution in [0.15, 0.2) is 12.3 Å². The average molecular weight is 235 g/mol. The molecule has 2 rings (SSSR count). The van der Waals surface area contributed by atoms with Crippen LogP contribution >= 0.6 is 0 Å². The van der Waals surface area contributed by atoms with Gasteiger partial charge in [0.05, 0.1) is 24.8 Å². The first kappa shape index (κ1) is 11.4. The molecule has 0 aromatic carbocycles. The van der Waals surface area contributed by atoms with Gasteiger partial charge in [0.1, 0.15) is 5.75 Å². The molecule has 17 heavy (non-hydrogen) atoms. The number of ether oxygens (including phenoxy) is 2. The monoisotopic (exact) mass is 235 g/mol. The van der Waals surface area contributed by atoms with E-state index in [0.29, 0.717) is 24.6 Å². The molecule has 2 heterocycles. The number of pyridine rings is 1. The van der Waals surface area contributed by atoms with Gasteiger partial charge < -0.3 is 9.47 Å². The third-order valence-corrected chi connectivity index (χ3v) is 2.17. The van der Waals surface area contributed by atoms with E-state index in [1.807, 2.05) is 6.92 Å². The maximum atomic E-state index is 11.6. The van der Waals surface area contributed by atoms with Crippen LogP contribution in [0.5, 0.6) is 5.75 Å². The van der Waals surface area contributed by atoms with E-state index in [-0.39, 0.29) is 5.69 Å². The van der Waals surface area contributed by atoms with Crippen molar-refractivity contribution >= 4 is 17.0 Å². The van der Waals surface area contributed by atoms with Crippen LogP contribution < -0.4 is 4.74 Å². The van der Waals surface area contributed by atoms with E-state index in [9.17, 15) is 4.79 Å². The number of aromatic nitrogens is 3. The topological polar surface area (TPSA) is 77.1 Å². The lowest BCUT2D eigenvalue weighted by Crippen LogP contribution is -2.08. The molecule has 0 aliphatic rings. The van der Waals surface area contributed by atoms with Gasteiger partial charge in [0.25, 0.3) is 0 Å². The molecule has 6 nitrogen and oxygen atoms in total. The molecule has 0 amide bonds. The summed E-state index contributed by atoms with van der Waals surface area (Å²) < 4.78 is 10.3. The summed E-state index contributed by atoms with van der Waals surface area (Å²) in [6.07, 6.45) is 1.61. The first-order valence-corrected chi connectivity index (χ1v) is 5.40. The van der Waals surface area contributed by atoms with Gasteiger partial charge in [0.15, 0.2) is 11.3 Å².